The molecule has 34 heavy (non-hydrogen) atoms. The van der Waals surface area contributed by atoms with Crippen molar-refractivity contribution in [1.82, 2.24) is 24.5 Å². The van der Waals surface area contributed by atoms with Gasteiger partial charge in [0, 0.05) is 12.1 Å². The van der Waals surface area contributed by atoms with E-state index in [0.717, 1.165) is 29.1 Å². The van der Waals surface area contributed by atoms with E-state index in [2.05, 4.69) is 20.6 Å². The number of nitrogens with zero attached hydrogens (tertiary/aromatic N) is 5. The van der Waals surface area contributed by atoms with Crippen molar-refractivity contribution >= 4 is 34.4 Å². The zero-order chi connectivity index (χ0) is 24.4. The van der Waals surface area contributed by atoms with Crippen LogP contribution in [0.25, 0.3) is 11.2 Å². The van der Waals surface area contributed by atoms with Crippen LogP contribution in [-0.4, -0.2) is 44.7 Å². The first-order valence-electron chi connectivity index (χ1n) is 9.74. The lowest BCUT2D eigenvalue weighted by molar-refractivity contribution is -0.116. The van der Waals surface area contributed by atoms with Gasteiger partial charge < -0.3 is 14.8 Å². The van der Waals surface area contributed by atoms with Gasteiger partial charge in [-0.2, -0.15) is 0 Å². The van der Waals surface area contributed by atoms with E-state index in [9.17, 15) is 18.4 Å². The number of hydrogen-bond acceptors (Lipinski definition) is 7. The van der Waals surface area contributed by atoms with E-state index >= 15 is 0 Å². The van der Waals surface area contributed by atoms with E-state index in [1.807, 2.05) is 0 Å². The number of ether oxygens (including phenoxy) is 2. The maximum Gasteiger partial charge on any atom is 0.283 e. The molecular weight excluding hydrogens is 474 g/mol. The Bertz CT molecular complexity index is 1440. The fraction of sp³-hybridized carbons (Fsp3) is 0.190. The van der Waals surface area contributed by atoms with Crippen LogP contribution < -0.4 is 20.3 Å². The van der Waals surface area contributed by atoms with E-state index in [4.69, 9.17) is 21.1 Å². The predicted molar refractivity (Wildman–Crippen MR) is 118 cm³/mol. The average molecular weight is 491 g/mol. The number of hydrogen-bond donors (Lipinski definition) is 1. The summed E-state index contributed by atoms with van der Waals surface area (Å²) in [4.78, 5) is 29.5. The van der Waals surface area contributed by atoms with Gasteiger partial charge in [-0.15, -0.1) is 5.10 Å². The number of rotatable bonds is 7. The van der Waals surface area contributed by atoms with Crippen molar-refractivity contribution < 1.29 is 23.0 Å². The number of carbonyl (C=O) groups is 1. The third-order valence-electron chi connectivity index (χ3n) is 4.81. The lowest BCUT2D eigenvalue weighted by Crippen LogP contribution is -2.28. The number of aromatic nitrogens is 5. The van der Waals surface area contributed by atoms with E-state index in [0.29, 0.717) is 11.5 Å². The molecule has 0 aliphatic rings. The third kappa shape index (κ3) is 4.66. The van der Waals surface area contributed by atoms with Crippen LogP contribution >= 0.6 is 11.6 Å². The van der Waals surface area contributed by atoms with E-state index < -0.39 is 23.1 Å². The van der Waals surface area contributed by atoms with Gasteiger partial charge in [-0.3, -0.25) is 14.2 Å². The maximum absolute atomic E-state index is 13.5. The Balaban J connectivity index is 1.55. The lowest BCUT2D eigenvalue weighted by atomic mass is 10.2. The van der Waals surface area contributed by atoms with Gasteiger partial charge >= 0.3 is 0 Å². The van der Waals surface area contributed by atoms with Crippen LogP contribution in [0.3, 0.4) is 0 Å². The number of fused-ring (bicyclic) bond motifs is 1. The summed E-state index contributed by atoms with van der Waals surface area (Å²) in [6.45, 7) is -0.434. The van der Waals surface area contributed by atoms with Gasteiger partial charge in [0.2, 0.25) is 5.91 Å². The normalized spacial score (nSPS) is 11.0. The minimum Gasteiger partial charge on any atom is -0.495 e. The van der Waals surface area contributed by atoms with E-state index in [-0.39, 0.29) is 40.5 Å². The van der Waals surface area contributed by atoms with Crippen molar-refractivity contribution in [2.45, 2.75) is 13.1 Å². The third-order valence-corrected chi connectivity index (χ3v) is 5.10. The SMILES string of the molecule is COc1cc(OC)c(NC(=O)Cn2cnc3c(nnn3Cc3cc(F)cc(F)c3)c2=O)cc1Cl. The molecular formula is C21H17ClF2N6O4. The van der Waals surface area contributed by atoms with Crippen LogP contribution in [0.5, 0.6) is 11.5 Å². The molecule has 0 spiro atoms. The molecule has 0 bridgehead atoms. The van der Waals surface area contributed by atoms with E-state index in [1.54, 1.807) is 0 Å². The van der Waals surface area contributed by atoms with Crippen LogP contribution in [0.4, 0.5) is 14.5 Å². The molecule has 13 heteroatoms. The van der Waals surface area contributed by atoms with Gasteiger partial charge in [0.25, 0.3) is 5.56 Å². The van der Waals surface area contributed by atoms with Crippen LogP contribution in [0, 0.1) is 11.6 Å². The number of amides is 1. The molecule has 2 heterocycles. The molecule has 0 radical (unpaired) electrons. The molecule has 1 amide bonds. The topological polar surface area (TPSA) is 113 Å². The summed E-state index contributed by atoms with van der Waals surface area (Å²) in [7, 11) is 2.86. The minimum absolute atomic E-state index is 0.0554. The van der Waals surface area contributed by atoms with Crippen molar-refractivity contribution in [2.75, 3.05) is 19.5 Å². The first-order chi connectivity index (χ1) is 16.3. The quantitative estimate of drug-likeness (QED) is 0.423. The number of anilines is 1. The largest absolute Gasteiger partial charge is 0.495 e. The van der Waals surface area contributed by atoms with Crippen molar-refractivity contribution in [3.05, 3.63) is 69.2 Å². The second-order valence-corrected chi connectivity index (χ2v) is 7.52. The van der Waals surface area contributed by atoms with Gasteiger partial charge in [-0.25, -0.2) is 18.4 Å². The molecule has 0 saturated heterocycles. The molecule has 4 rings (SSSR count). The molecule has 0 unspecified atom stereocenters. The van der Waals surface area contributed by atoms with Crippen LogP contribution in [-0.2, 0) is 17.9 Å². The molecule has 2 aromatic carbocycles. The van der Waals surface area contributed by atoms with E-state index in [1.165, 1.54) is 31.0 Å². The second kappa shape index (κ2) is 9.43. The van der Waals surface area contributed by atoms with Crippen molar-refractivity contribution in [1.29, 1.82) is 0 Å². The molecule has 0 aliphatic heterocycles. The van der Waals surface area contributed by atoms with Crippen molar-refractivity contribution in [3.8, 4) is 11.5 Å². The predicted octanol–water partition coefficient (Wildman–Crippen LogP) is 2.62. The monoisotopic (exact) mass is 490 g/mol. The summed E-state index contributed by atoms with van der Waals surface area (Å²) in [6, 6.07) is 6.01. The number of methoxy groups -OCH3 is 2. The highest BCUT2D eigenvalue weighted by molar-refractivity contribution is 6.32. The molecule has 10 nitrogen and oxygen atoms in total. The standard InChI is InChI=1S/C21H17ClF2N6O4/c1-33-16-7-17(34-2)15(6-14(16)22)26-18(31)9-29-10-25-20-19(21(29)32)27-28-30(20)8-11-3-12(23)5-13(24)4-11/h3-7,10H,8-9H2,1-2H3,(H,26,31). The number of halogens is 3. The fourth-order valence-electron chi connectivity index (χ4n) is 3.28. The zero-order valence-corrected chi connectivity index (χ0v) is 18.6. The Morgan fingerprint density at radius 3 is 2.47 bits per heavy atom. The average Bonchev–Trinajstić information content (AvgIpc) is 3.18. The zero-order valence-electron chi connectivity index (χ0n) is 17.9. The number of nitrogens with one attached hydrogen (secondary N) is 1. The maximum atomic E-state index is 13.5. The first-order valence-corrected chi connectivity index (χ1v) is 10.1. The highest BCUT2D eigenvalue weighted by Gasteiger charge is 2.17. The van der Waals surface area contributed by atoms with Gasteiger partial charge in [0.15, 0.2) is 11.2 Å². The Hall–Kier alpha value is -4.06. The summed E-state index contributed by atoms with van der Waals surface area (Å²) < 4.78 is 39.6. The molecule has 176 valence electrons. The second-order valence-electron chi connectivity index (χ2n) is 7.11. The Labute approximate surface area is 195 Å². The molecule has 1 N–H and O–H groups in total. The smallest absolute Gasteiger partial charge is 0.283 e. The van der Waals surface area contributed by atoms with Gasteiger partial charge in [0.05, 0.1) is 31.5 Å². The molecule has 2 aromatic heterocycles. The summed E-state index contributed by atoms with van der Waals surface area (Å²) in [5.41, 5.74) is -0.0425. The summed E-state index contributed by atoms with van der Waals surface area (Å²) in [5, 5.41) is 10.5. The first kappa shape index (κ1) is 23.1. The molecule has 0 aliphatic carbocycles. The highest BCUT2D eigenvalue weighted by atomic mass is 35.5. The van der Waals surface area contributed by atoms with Crippen LogP contribution in [0.1, 0.15) is 5.56 Å². The summed E-state index contributed by atoms with van der Waals surface area (Å²) in [5.74, 6) is -1.35. The highest BCUT2D eigenvalue weighted by Crippen LogP contribution is 2.35. The Morgan fingerprint density at radius 2 is 1.79 bits per heavy atom. The van der Waals surface area contributed by atoms with Gasteiger partial charge in [-0.05, 0) is 23.8 Å². The van der Waals surface area contributed by atoms with Crippen LogP contribution in [0.15, 0.2) is 41.5 Å². The van der Waals surface area contributed by atoms with Gasteiger partial charge in [0.1, 0.15) is 36.0 Å². The van der Waals surface area contributed by atoms with Gasteiger partial charge in [-0.1, -0.05) is 16.8 Å². The number of benzene rings is 2. The molecule has 0 fully saturated rings. The van der Waals surface area contributed by atoms with Crippen LogP contribution in [0.2, 0.25) is 5.02 Å². The Kier molecular flexibility index (Phi) is 6.41. The lowest BCUT2D eigenvalue weighted by Gasteiger charge is -2.13. The number of carbonyl (C=O) groups excluding carboxylic acids is 1. The molecule has 4 aromatic rings. The molecule has 0 atom stereocenters. The molecule has 0 saturated carbocycles. The summed E-state index contributed by atoms with van der Waals surface area (Å²) in [6.07, 6.45) is 1.16. The Morgan fingerprint density at radius 1 is 1.09 bits per heavy atom. The van der Waals surface area contributed by atoms with Crippen molar-refractivity contribution in [3.63, 3.8) is 0 Å². The fourth-order valence-corrected chi connectivity index (χ4v) is 3.52. The minimum atomic E-state index is -0.740. The van der Waals surface area contributed by atoms with Crippen molar-refractivity contribution in [2.24, 2.45) is 0 Å². The summed E-state index contributed by atoms with van der Waals surface area (Å²) >= 11 is 6.11.